The minimum Gasteiger partial charge on any atom is -0.345 e. The molecule has 1 fully saturated rings. The van der Waals surface area contributed by atoms with E-state index < -0.39 is 11.6 Å². The van der Waals surface area contributed by atoms with Gasteiger partial charge in [-0.15, -0.1) is 0 Å². The number of carbonyl (C=O) groups excluding carboxylic acids is 1. The maximum absolute atomic E-state index is 13.9. The number of piperazine rings is 1. The second-order valence-corrected chi connectivity index (χ2v) is 8.71. The number of anilines is 1. The molecule has 1 aliphatic carbocycles. The molecule has 0 radical (unpaired) electrons. The third kappa shape index (κ3) is 3.48. The van der Waals surface area contributed by atoms with Gasteiger partial charge in [-0.1, -0.05) is 17.4 Å². The maximum Gasteiger partial charge on any atom is 0.253 e. The summed E-state index contributed by atoms with van der Waals surface area (Å²) in [5.41, 5.74) is 3.65. The molecule has 1 amide bonds. The smallest absolute Gasteiger partial charge is 0.253 e. The van der Waals surface area contributed by atoms with Gasteiger partial charge in [-0.05, 0) is 55.0 Å². The van der Waals surface area contributed by atoms with Crippen molar-refractivity contribution in [3.63, 3.8) is 0 Å². The molecule has 0 bridgehead atoms. The number of rotatable bonds is 2. The Bertz CT molecular complexity index is 1090. The van der Waals surface area contributed by atoms with Crippen molar-refractivity contribution >= 4 is 32.6 Å². The van der Waals surface area contributed by atoms with Crippen LogP contribution in [0, 0.1) is 11.6 Å². The first-order valence-corrected chi connectivity index (χ1v) is 10.8. The van der Waals surface area contributed by atoms with E-state index in [-0.39, 0.29) is 11.4 Å². The summed E-state index contributed by atoms with van der Waals surface area (Å²) in [6, 6.07) is 8.29. The normalized spacial score (nSPS) is 16.9. The lowest BCUT2D eigenvalue weighted by Gasteiger charge is -2.34. The summed E-state index contributed by atoms with van der Waals surface area (Å²) in [5, 5.41) is 0.672. The Labute approximate surface area is 171 Å². The van der Waals surface area contributed by atoms with Crippen LogP contribution in [0.4, 0.5) is 13.9 Å². The highest BCUT2D eigenvalue weighted by Gasteiger charge is 2.25. The summed E-state index contributed by atoms with van der Waals surface area (Å²) in [6.45, 7) is 2.42. The second kappa shape index (κ2) is 7.37. The molecule has 0 atom stereocenters. The van der Waals surface area contributed by atoms with E-state index in [9.17, 15) is 13.6 Å². The summed E-state index contributed by atoms with van der Waals surface area (Å²) >= 11 is 1.28. The van der Waals surface area contributed by atoms with Gasteiger partial charge in [-0.3, -0.25) is 4.79 Å². The largest absolute Gasteiger partial charge is 0.345 e. The van der Waals surface area contributed by atoms with Gasteiger partial charge >= 0.3 is 0 Å². The molecule has 29 heavy (non-hydrogen) atoms. The van der Waals surface area contributed by atoms with Crippen LogP contribution in [0.3, 0.4) is 0 Å². The third-order valence-corrected chi connectivity index (χ3v) is 6.90. The van der Waals surface area contributed by atoms with Gasteiger partial charge < -0.3 is 9.80 Å². The standard InChI is InChI=1S/C22H21F2N3OS/c23-17-12-18(24)20-19(13-17)29-22(25-20)27-9-7-26(8-10-27)21(28)16-6-5-14-3-1-2-4-15(14)11-16/h5-6,11-13H,1-4,7-10H2. The van der Waals surface area contributed by atoms with Gasteiger partial charge in [0.15, 0.2) is 10.9 Å². The van der Waals surface area contributed by atoms with E-state index in [4.69, 9.17) is 0 Å². The molecule has 2 aliphatic rings. The Morgan fingerprint density at radius 2 is 1.72 bits per heavy atom. The summed E-state index contributed by atoms with van der Waals surface area (Å²) in [5.74, 6) is -1.16. The molecule has 4 nitrogen and oxygen atoms in total. The van der Waals surface area contributed by atoms with Gasteiger partial charge in [0.25, 0.3) is 5.91 Å². The zero-order valence-electron chi connectivity index (χ0n) is 16.0. The molecule has 2 heterocycles. The van der Waals surface area contributed by atoms with E-state index in [1.807, 2.05) is 15.9 Å². The van der Waals surface area contributed by atoms with Gasteiger partial charge in [-0.25, -0.2) is 13.8 Å². The number of aromatic nitrogens is 1. The van der Waals surface area contributed by atoms with Crippen molar-refractivity contribution in [2.24, 2.45) is 0 Å². The summed E-state index contributed by atoms with van der Waals surface area (Å²) < 4.78 is 27.9. The average Bonchev–Trinajstić information content (AvgIpc) is 3.17. The first-order valence-electron chi connectivity index (χ1n) is 10.00. The van der Waals surface area contributed by atoms with Crippen LogP contribution in [0.2, 0.25) is 0 Å². The maximum atomic E-state index is 13.9. The van der Waals surface area contributed by atoms with Crippen molar-refractivity contribution in [3.8, 4) is 0 Å². The van der Waals surface area contributed by atoms with Gasteiger partial charge in [0.05, 0.1) is 4.70 Å². The van der Waals surface area contributed by atoms with Crippen LogP contribution in [0.15, 0.2) is 30.3 Å². The third-order valence-electron chi connectivity index (χ3n) is 5.83. The highest BCUT2D eigenvalue weighted by atomic mass is 32.1. The predicted molar refractivity (Wildman–Crippen MR) is 111 cm³/mol. The summed E-state index contributed by atoms with van der Waals surface area (Å²) in [6.07, 6.45) is 4.58. The Morgan fingerprint density at radius 3 is 2.52 bits per heavy atom. The number of nitrogens with zero attached hydrogens (tertiary/aromatic N) is 3. The van der Waals surface area contributed by atoms with Crippen molar-refractivity contribution in [1.82, 2.24) is 9.88 Å². The zero-order valence-corrected chi connectivity index (χ0v) is 16.8. The van der Waals surface area contributed by atoms with Crippen molar-refractivity contribution < 1.29 is 13.6 Å². The van der Waals surface area contributed by atoms with Gasteiger partial charge in [0.2, 0.25) is 0 Å². The highest BCUT2D eigenvalue weighted by Crippen LogP contribution is 2.32. The fourth-order valence-corrected chi connectivity index (χ4v) is 5.29. The molecule has 0 saturated carbocycles. The topological polar surface area (TPSA) is 36.4 Å². The highest BCUT2D eigenvalue weighted by molar-refractivity contribution is 7.22. The molecule has 150 valence electrons. The lowest BCUT2D eigenvalue weighted by molar-refractivity contribution is 0.0746. The number of hydrogen-bond acceptors (Lipinski definition) is 4. The molecule has 7 heteroatoms. The number of carbonyl (C=O) groups is 1. The quantitative estimate of drug-likeness (QED) is 0.624. The second-order valence-electron chi connectivity index (χ2n) is 7.70. The van der Waals surface area contributed by atoms with Gasteiger partial charge in [-0.2, -0.15) is 0 Å². The first kappa shape index (κ1) is 18.5. The van der Waals surface area contributed by atoms with E-state index in [1.54, 1.807) is 0 Å². The summed E-state index contributed by atoms with van der Waals surface area (Å²) in [7, 11) is 0. The van der Waals surface area contributed by atoms with E-state index in [2.05, 4.69) is 17.1 Å². The number of fused-ring (bicyclic) bond motifs is 2. The molecular weight excluding hydrogens is 392 g/mol. The number of hydrogen-bond donors (Lipinski definition) is 0. The number of aryl methyl sites for hydroxylation is 2. The van der Waals surface area contributed by atoms with E-state index in [1.165, 1.54) is 41.4 Å². The van der Waals surface area contributed by atoms with Crippen LogP contribution in [-0.4, -0.2) is 42.0 Å². The van der Waals surface area contributed by atoms with Crippen LogP contribution < -0.4 is 4.90 Å². The van der Waals surface area contributed by atoms with Crippen LogP contribution in [0.1, 0.15) is 34.3 Å². The lowest BCUT2D eigenvalue weighted by Crippen LogP contribution is -2.48. The van der Waals surface area contributed by atoms with Gasteiger partial charge in [0, 0.05) is 37.8 Å². The molecule has 2 aromatic carbocycles. The molecule has 1 aromatic heterocycles. The van der Waals surface area contributed by atoms with Crippen molar-refractivity contribution in [1.29, 1.82) is 0 Å². The molecule has 3 aromatic rings. The minimum atomic E-state index is -0.635. The fraction of sp³-hybridized carbons (Fsp3) is 0.364. The fourth-order valence-electron chi connectivity index (χ4n) is 4.23. The number of amides is 1. The Morgan fingerprint density at radius 1 is 0.966 bits per heavy atom. The van der Waals surface area contributed by atoms with E-state index in [0.717, 1.165) is 24.5 Å². The molecule has 5 rings (SSSR count). The summed E-state index contributed by atoms with van der Waals surface area (Å²) in [4.78, 5) is 21.2. The number of halogens is 2. The number of thiazole rings is 1. The monoisotopic (exact) mass is 413 g/mol. The predicted octanol–water partition coefficient (Wildman–Crippen LogP) is 4.42. The zero-order chi connectivity index (χ0) is 20.0. The average molecular weight is 413 g/mol. The Hall–Kier alpha value is -2.54. The van der Waals surface area contributed by atoms with Crippen molar-refractivity contribution in [3.05, 3.63) is 58.7 Å². The van der Waals surface area contributed by atoms with Crippen molar-refractivity contribution in [2.75, 3.05) is 31.1 Å². The SMILES string of the molecule is O=C(c1ccc2c(c1)CCCC2)N1CCN(c2nc3c(F)cc(F)cc3s2)CC1. The van der Waals surface area contributed by atoms with Crippen LogP contribution in [-0.2, 0) is 12.8 Å². The molecule has 0 spiro atoms. The Kier molecular flexibility index (Phi) is 4.70. The first-order chi connectivity index (χ1) is 14.1. The Balaban J connectivity index is 1.29. The van der Waals surface area contributed by atoms with E-state index >= 15 is 0 Å². The number of benzene rings is 2. The van der Waals surface area contributed by atoms with E-state index in [0.29, 0.717) is 36.0 Å². The van der Waals surface area contributed by atoms with Crippen LogP contribution in [0.5, 0.6) is 0 Å². The van der Waals surface area contributed by atoms with Gasteiger partial charge in [0.1, 0.15) is 11.3 Å². The molecule has 1 saturated heterocycles. The minimum absolute atomic E-state index is 0.0652. The van der Waals surface area contributed by atoms with Crippen molar-refractivity contribution in [2.45, 2.75) is 25.7 Å². The molecule has 1 aliphatic heterocycles. The molecule has 0 N–H and O–H groups in total. The van der Waals surface area contributed by atoms with Crippen LogP contribution in [0.25, 0.3) is 10.2 Å². The lowest BCUT2D eigenvalue weighted by atomic mass is 9.90. The molecular formula is C22H21F2N3OS. The molecule has 0 unspecified atom stereocenters. The van der Waals surface area contributed by atoms with Crippen LogP contribution >= 0.6 is 11.3 Å².